The molecule has 0 saturated heterocycles. The van der Waals surface area contributed by atoms with Crippen LogP contribution in [0.15, 0.2) is 30.3 Å². The van der Waals surface area contributed by atoms with Crippen molar-refractivity contribution in [3.8, 4) is 0 Å². The molecule has 5 rings (SSSR count). The van der Waals surface area contributed by atoms with Crippen LogP contribution in [0.5, 0.6) is 0 Å². The third-order valence-electron chi connectivity index (χ3n) is 12.2. The Morgan fingerprint density at radius 2 is 1.72 bits per heavy atom. The first kappa shape index (κ1) is 28.4. The Labute approximate surface area is 234 Å². The fourth-order valence-corrected chi connectivity index (χ4v) is 9.94. The molecule has 1 N–H and O–H groups in total. The van der Waals surface area contributed by atoms with Gasteiger partial charge in [-0.1, -0.05) is 58.7 Å². The second kappa shape index (κ2) is 11.0. The number of fused-ring (bicyclic) bond motifs is 5. The van der Waals surface area contributed by atoms with Crippen molar-refractivity contribution < 1.29 is 24.2 Å². The van der Waals surface area contributed by atoms with Gasteiger partial charge >= 0.3 is 11.9 Å². The van der Waals surface area contributed by atoms with E-state index < -0.39 is 5.97 Å². The largest absolute Gasteiger partial charge is 0.481 e. The van der Waals surface area contributed by atoms with Gasteiger partial charge in [-0.05, 0) is 97.5 Å². The van der Waals surface area contributed by atoms with E-state index in [1.807, 2.05) is 37.3 Å². The lowest BCUT2D eigenvalue weighted by Gasteiger charge is -2.62. The lowest BCUT2D eigenvalue weighted by Crippen LogP contribution is -2.59. The van der Waals surface area contributed by atoms with Gasteiger partial charge in [0.1, 0.15) is 11.9 Å². The van der Waals surface area contributed by atoms with Crippen LogP contribution in [0, 0.1) is 52.3 Å². The van der Waals surface area contributed by atoms with Gasteiger partial charge in [0.2, 0.25) is 0 Å². The van der Waals surface area contributed by atoms with Gasteiger partial charge in [-0.3, -0.25) is 9.59 Å². The van der Waals surface area contributed by atoms with E-state index in [2.05, 4.69) is 20.8 Å². The predicted octanol–water partition coefficient (Wildman–Crippen LogP) is 7.58. The monoisotopic (exact) mass is 536 g/mol. The molecular formula is C34H48O5. The molecule has 4 saturated carbocycles. The Morgan fingerprint density at radius 1 is 1.00 bits per heavy atom. The van der Waals surface area contributed by atoms with Gasteiger partial charge in [0.05, 0.1) is 11.5 Å². The lowest BCUT2D eigenvalue weighted by molar-refractivity contribution is -0.170. The van der Waals surface area contributed by atoms with E-state index in [-0.39, 0.29) is 28.8 Å². The van der Waals surface area contributed by atoms with Crippen LogP contribution in [0.25, 0.3) is 0 Å². The number of hydrogen-bond donors (Lipinski definition) is 1. The summed E-state index contributed by atoms with van der Waals surface area (Å²) in [4.78, 5) is 37.2. The smallest absolute Gasteiger partial charge is 0.338 e. The second-order valence-electron chi connectivity index (χ2n) is 14.2. The molecule has 0 aliphatic heterocycles. The second-order valence-corrected chi connectivity index (χ2v) is 14.2. The fraction of sp³-hybridized carbons (Fsp3) is 0.735. The average Bonchev–Trinajstić information content (AvgIpc) is 3.27. The molecule has 0 bridgehead atoms. The number of hydrogen-bond acceptors (Lipinski definition) is 4. The van der Waals surface area contributed by atoms with Gasteiger partial charge in [0.25, 0.3) is 0 Å². The van der Waals surface area contributed by atoms with Crippen LogP contribution in [0.2, 0.25) is 0 Å². The highest BCUT2D eigenvalue weighted by atomic mass is 16.5. The molecule has 0 spiro atoms. The highest BCUT2D eigenvalue weighted by Crippen LogP contribution is 2.68. The number of benzene rings is 1. The number of rotatable bonds is 8. The van der Waals surface area contributed by atoms with Crippen molar-refractivity contribution in [1.82, 2.24) is 0 Å². The van der Waals surface area contributed by atoms with Crippen LogP contribution in [-0.2, 0) is 14.3 Å². The molecule has 1 aromatic rings. The molecule has 5 nitrogen and oxygen atoms in total. The van der Waals surface area contributed by atoms with Crippen molar-refractivity contribution in [2.24, 2.45) is 52.3 Å². The maximum absolute atomic E-state index is 13.3. The Bertz CT molecular complexity index is 1070. The highest BCUT2D eigenvalue weighted by molar-refractivity contribution is 5.89. The van der Waals surface area contributed by atoms with E-state index >= 15 is 0 Å². The number of Topliss-reactive ketones (excluding diaryl/α,β-unsaturated/α-hetero) is 1. The minimum absolute atomic E-state index is 0.137. The SMILES string of the molecule is CC(CCC[C@@H](C)[C@H]1CCC2C3C(CC[C@@]21C)[C@@]1(C)CCC(=O)C[C@@H]1C[C@H]3OC(=O)c1ccccc1)C(=O)O. The summed E-state index contributed by atoms with van der Waals surface area (Å²) in [5, 5.41) is 9.29. The van der Waals surface area contributed by atoms with Crippen LogP contribution in [-0.4, -0.2) is 28.9 Å². The average molecular weight is 537 g/mol. The number of carboxylic acids is 1. The Hall–Kier alpha value is -2.17. The number of esters is 1. The number of ether oxygens (including phenoxy) is 1. The molecule has 0 radical (unpaired) electrons. The zero-order chi connectivity index (χ0) is 27.9. The summed E-state index contributed by atoms with van der Waals surface area (Å²) < 4.78 is 6.43. The maximum atomic E-state index is 13.3. The van der Waals surface area contributed by atoms with Gasteiger partial charge in [-0.25, -0.2) is 4.79 Å². The van der Waals surface area contributed by atoms with Crippen molar-refractivity contribution in [2.75, 3.05) is 0 Å². The van der Waals surface area contributed by atoms with Gasteiger partial charge < -0.3 is 9.84 Å². The molecule has 10 atom stereocenters. The zero-order valence-electron chi connectivity index (χ0n) is 24.4. The third-order valence-corrected chi connectivity index (χ3v) is 12.2. The van der Waals surface area contributed by atoms with Crippen LogP contribution in [0.4, 0.5) is 0 Å². The van der Waals surface area contributed by atoms with Crippen LogP contribution in [0.3, 0.4) is 0 Å². The minimum atomic E-state index is -0.696. The highest BCUT2D eigenvalue weighted by Gasteiger charge is 2.63. The first-order valence-corrected chi connectivity index (χ1v) is 15.5. The van der Waals surface area contributed by atoms with E-state index in [4.69, 9.17) is 4.74 Å². The van der Waals surface area contributed by atoms with E-state index in [0.29, 0.717) is 59.7 Å². The molecule has 4 aliphatic rings. The molecule has 0 heterocycles. The number of aliphatic carboxylic acids is 1. The van der Waals surface area contributed by atoms with Gasteiger partial charge in [0, 0.05) is 18.8 Å². The standard InChI is InChI=1S/C34H48O5/c1-21(9-8-10-22(2)31(36)37)26-13-14-27-30-28(16-18-34(26,27)4)33(3)17-15-25(35)19-24(33)20-29(30)39-32(38)23-11-6-5-7-12-23/h5-7,11-12,21-22,24,26-30H,8-10,13-20H2,1-4H3,(H,36,37)/t21-,22?,24-,26-,27?,28?,29-,30?,33+,34-/m1/s1. The normalized spacial score (nSPS) is 39.1. The van der Waals surface area contributed by atoms with Crippen molar-refractivity contribution in [2.45, 2.75) is 104 Å². The van der Waals surface area contributed by atoms with Crippen LogP contribution < -0.4 is 0 Å². The summed E-state index contributed by atoms with van der Waals surface area (Å²) in [6, 6.07) is 9.35. The first-order valence-electron chi connectivity index (χ1n) is 15.5. The molecule has 1 aromatic carbocycles. The summed E-state index contributed by atoms with van der Waals surface area (Å²) in [6.45, 7) is 9.15. The molecule has 4 fully saturated rings. The Balaban J connectivity index is 1.38. The molecule has 0 amide bonds. The summed E-state index contributed by atoms with van der Waals surface area (Å²) in [6.07, 6.45) is 10.5. The number of carboxylic acid groups (broad SMARTS) is 1. The van der Waals surface area contributed by atoms with E-state index in [1.54, 1.807) is 0 Å². The molecule has 214 valence electrons. The molecule has 39 heavy (non-hydrogen) atoms. The predicted molar refractivity (Wildman–Crippen MR) is 151 cm³/mol. The minimum Gasteiger partial charge on any atom is -0.481 e. The van der Waals surface area contributed by atoms with Crippen molar-refractivity contribution >= 4 is 17.7 Å². The summed E-state index contributed by atoms with van der Waals surface area (Å²) >= 11 is 0. The zero-order valence-corrected chi connectivity index (χ0v) is 24.4. The van der Waals surface area contributed by atoms with E-state index in [0.717, 1.165) is 38.5 Å². The summed E-state index contributed by atoms with van der Waals surface area (Å²) in [5.74, 6) is 1.99. The number of carbonyl (C=O) groups is 3. The van der Waals surface area contributed by atoms with Gasteiger partial charge in [0.15, 0.2) is 0 Å². The topological polar surface area (TPSA) is 80.7 Å². The molecule has 4 aliphatic carbocycles. The van der Waals surface area contributed by atoms with Crippen molar-refractivity contribution in [1.29, 1.82) is 0 Å². The summed E-state index contributed by atoms with van der Waals surface area (Å²) in [7, 11) is 0. The van der Waals surface area contributed by atoms with Crippen LogP contribution >= 0.6 is 0 Å². The molecule has 0 aromatic heterocycles. The summed E-state index contributed by atoms with van der Waals surface area (Å²) in [5.41, 5.74) is 0.963. The van der Waals surface area contributed by atoms with Crippen molar-refractivity contribution in [3.63, 3.8) is 0 Å². The fourth-order valence-electron chi connectivity index (χ4n) is 9.94. The Kier molecular flexibility index (Phi) is 8.01. The molecular weight excluding hydrogens is 488 g/mol. The lowest BCUT2D eigenvalue weighted by atomic mass is 9.43. The number of carbonyl (C=O) groups excluding carboxylic acids is 2. The van der Waals surface area contributed by atoms with Crippen LogP contribution in [0.1, 0.15) is 109 Å². The number of ketones is 1. The van der Waals surface area contributed by atoms with Gasteiger partial charge in [-0.15, -0.1) is 0 Å². The molecule has 5 heteroatoms. The quantitative estimate of drug-likeness (QED) is 0.346. The first-order chi connectivity index (χ1) is 18.5. The third kappa shape index (κ3) is 5.20. The van der Waals surface area contributed by atoms with E-state index in [9.17, 15) is 19.5 Å². The van der Waals surface area contributed by atoms with Crippen molar-refractivity contribution in [3.05, 3.63) is 35.9 Å². The van der Waals surface area contributed by atoms with Gasteiger partial charge in [-0.2, -0.15) is 0 Å². The van der Waals surface area contributed by atoms with E-state index in [1.165, 1.54) is 19.3 Å². The maximum Gasteiger partial charge on any atom is 0.338 e. The Morgan fingerprint density at radius 3 is 2.44 bits per heavy atom. The molecule has 4 unspecified atom stereocenters.